The Balaban J connectivity index is 1.47. The maximum atomic E-state index is 12.6. The Bertz CT molecular complexity index is 678. The molecule has 2 saturated heterocycles. The summed E-state index contributed by atoms with van der Waals surface area (Å²) in [7, 11) is 0. The Morgan fingerprint density at radius 2 is 2.17 bits per heavy atom. The van der Waals surface area contributed by atoms with E-state index >= 15 is 0 Å². The summed E-state index contributed by atoms with van der Waals surface area (Å²) in [5.41, 5.74) is -0.482. The summed E-state index contributed by atoms with van der Waals surface area (Å²) in [6.07, 6.45) is -1.21. The van der Waals surface area contributed by atoms with E-state index in [9.17, 15) is 18.0 Å². The van der Waals surface area contributed by atoms with Crippen LogP contribution in [-0.2, 0) is 10.9 Å². The Hall–Kier alpha value is -2.20. The van der Waals surface area contributed by atoms with Crippen LogP contribution in [0.3, 0.4) is 0 Å². The van der Waals surface area contributed by atoms with Gasteiger partial charge in [0.25, 0.3) is 0 Å². The molecule has 0 unspecified atom stereocenters. The third-order valence-electron chi connectivity index (χ3n) is 4.18. The molecule has 2 bridgehead atoms. The van der Waals surface area contributed by atoms with E-state index in [0.717, 1.165) is 31.4 Å². The molecule has 7 heteroatoms. The van der Waals surface area contributed by atoms with Crippen LogP contribution >= 0.6 is 0 Å². The van der Waals surface area contributed by atoms with Gasteiger partial charge in [-0.3, -0.25) is 0 Å². The molecule has 2 aliphatic rings. The van der Waals surface area contributed by atoms with Crippen molar-refractivity contribution in [2.24, 2.45) is 0 Å². The smallest absolute Gasteiger partial charge is 0.373 e. The first-order valence-corrected chi connectivity index (χ1v) is 7.78. The molecule has 2 amide bonds. The van der Waals surface area contributed by atoms with Crippen molar-refractivity contribution < 1.29 is 22.7 Å². The van der Waals surface area contributed by atoms with E-state index in [1.54, 1.807) is 0 Å². The zero-order valence-electron chi connectivity index (χ0n) is 12.8. The van der Waals surface area contributed by atoms with Crippen molar-refractivity contribution in [1.29, 1.82) is 0 Å². The second kappa shape index (κ2) is 6.73. The number of halogens is 3. The van der Waals surface area contributed by atoms with Gasteiger partial charge in [-0.1, -0.05) is 17.9 Å². The fourth-order valence-corrected chi connectivity index (χ4v) is 3.05. The molecule has 3 atom stereocenters. The predicted octanol–water partition coefficient (Wildman–Crippen LogP) is 2.68. The van der Waals surface area contributed by atoms with E-state index in [4.69, 9.17) is 4.74 Å². The molecule has 4 nitrogen and oxygen atoms in total. The van der Waals surface area contributed by atoms with Crippen molar-refractivity contribution >= 4 is 6.03 Å². The average molecular weight is 338 g/mol. The fourth-order valence-electron chi connectivity index (χ4n) is 3.05. The molecule has 0 spiro atoms. The van der Waals surface area contributed by atoms with Gasteiger partial charge in [-0.25, -0.2) is 4.79 Å². The molecule has 0 aromatic heterocycles. The number of carbonyl (C=O) groups is 1. The minimum atomic E-state index is -4.39. The summed E-state index contributed by atoms with van der Waals surface area (Å²) in [6.45, 7) is 0.0593. The lowest BCUT2D eigenvalue weighted by Crippen LogP contribution is -2.46. The Kier molecular flexibility index (Phi) is 4.67. The number of fused-ring (bicyclic) bond motifs is 2. The topological polar surface area (TPSA) is 50.4 Å². The van der Waals surface area contributed by atoms with Gasteiger partial charge in [0.1, 0.15) is 0 Å². The maximum absolute atomic E-state index is 12.6. The molecule has 3 rings (SSSR count). The third-order valence-corrected chi connectivity index (χ3v) is 4.18. The van der Waals surface area contributed by atoms with E-state index in [1.807, 2.05) is 0 Å². The van der Waals surface area contributed by atoms with Gasteiger partial charge in [-0.05, 0) is 37.5 Å². The van der Waals surface area contributed by atoms with Crippen molar-refractivity contribution in [3.63, 3.8) is 0 Å². The van der Waals surface area contributed by atoms with Crippen molar-refractivity contribution in [3.8, 4) is 11.8 Å². The fraction of sp³-hybridized carbons (Fsp3) is 0.471. The Labute approximate surface area is 137 Å². The summed E-state index contributed by atoms with van der Waals surface area (Å²) in [6, 6.07) is 4.47. The lowest BCUT2D eigenvalue weighted by Gasteiger charge is -2.19. The van der Waals surface area contributed by atoms with E-state index in [-0.39, 0.29) is 36.4 Å². The highest BCUT2D eigenvalue weighted by Gasteiger charge is 2.41. The number of amides is 2. The number of rotatable bonds is 2. The van der Waals surface area contributed by atoms with Crippen molar-refractivity contribution in [3.05, 3.63) is 35.4 Å². The quantitative estimate of drug-likeness (QED) is 0.815. The highest BCUT2D eigenvalue weighted by Crippen LogP contribution is 2.34. The van der Waals surface area contributed by atoms with Gasteiger partial charge >= 0.3 is 12.2 Å². The average Bonchev–Trinajstić information content (AvgIpc) is 3.14. The molecule has 0 aliphatic carbocycles. The molecule has 2 heterocycles. The number of alkyl halides is 3. The minimum absolute atomic E-state index is 0.0279. The largest absolute Gasteiger partial charge is 0.416 e. The lowest BCUT2D eigenvalue weighted by molar-refractivity contribution is -0.137. The van der Waals surface area contributed by atoms with Crippen LogP contribution < -0.4 is 10.6 Å². The highest BCUT2D eigenvalue weighted by atomic mass is 19.4. The van der Waals surface area contributed by atoms with Crippen LogP contribution in [0.25, 0.3) is 0 Å². The monoisotopic (exact) mass is 338 g/mol. The summed E-state index contributed by atoms with van der Waals surface area (Å²) in [5, 5.41) is 5.43. The van der Waals surface area contributed by atoms with Crippen LogP contribution in [0.5, 0.6) is 0 Å². The molecule has 2 aliphatic heterocycles. The van der Waals surface area contributed by atoms with Gasteiger partial charge in [0.2, 0.25) is 0 Å². The Morgan fingerprint density at radius 3 is 2.83 bits per heavy atom. The second-order valence-electron chi connectivity index (χ2n) is 5.92. The molecule has 0 saturated carbocycles. The SMILES string of the molecule is O=C(NCC#Cc1cccc(C(F)(F)F)c1)N[C@@H]1C[C@H]2CC[C@H]1O2. The molecule has 1 aromatic carbocycles. The summed E-state index contributed by atoms with van der Waals surface area (Å²) >= 11 is 0. The van der Waals surface area contributed by atoms with Crippen LogP contribution in [-0.4, -0.2) is 30.8 Å². The summed E-state index contributed by atoms with van der Waals surface area (Å²) < 4.78 is 43.4. The molecule has 2 N–H and O–H groups in total. The third kappa shape index (κ3) is 4.01. The molecule has 0 radical (unpaired) electrons. The highest BCUT2D eigenvalue weighted by molar-refractivity contribution is 5.74. The van der Waals surface area contributed by atoms with Gasteiger partial charge < -0.3 is 15.4 Å². The van der Waals surface area contributed by atoms with Crippen LogP contribution in [0.1, 0.15) is 30.4 Å². The number of hydrogen-bond donors (Lipinski definition) is 2. The van der Waals surface area contributed by atoms with Crippen molar-refractivity contribution in [2.75, 3.05) is 6.54 Å². The van der Waals surface area contributed by atoms with Gasteiger partial charge in [-0.2, -0.15) is 13.2 Å². The summed E-state index contributed by atoms with van der Waals surface area (Å²) in [4.78, 5) is 11.8. The predicted molar refractivity (Wildman–Crippen MR) is 81.2 cm³/mol. The molecule has 128 valence electrons. The van der Waals surface area contributed by atoms with Crippen molar-refractivity contribution in [2.45, 2.75) is 43.7 Å². The molecule has 2 fully saturated rings. The Morgan fingerprint density at radius 1 is 1.33 bits per heavy atom. The van der Waals surface area contributed by atoms with Gasteiger partial charge in [0.05, 0.1) is 30.4 Å². The zero-order valence-corrected chi connectivity index (χ0v) is 12.8. The summed E-state index contributed by atoms with van der Waals surface area (Å²) in [5.74, 6) is 5.27. The minimum Gasteiger partial charge on any atom is -0.373 e. The van der Waals surface area contributed by atoms with Crippen LogP contribution in [0.2, 0.25) is 0 Å². The number of ether oxygens (including phenoxy) is 1. The number of benzene rings is 1. The standard InChI is InChI=1S/C17H17F3N2O2/c18-17(19,20)12-5-1-3-11(9-12)4-2-8-21-16(23)22-14-10-13-6-7-15(14)24-13/h1,3,5,9,13-15H,6-8,10H2,(H2,21,22,23)/t13-,14-,15-/m1/s1. The zero-order chi connectivity index (χ0) is 17.2. The van der Waals surface area contributed by atoms with E-state index in [2.05, 4.69) is 22.5 Å². The van der Waals surface area contributed by atoms with Crippen LogP contribution in [0.4, 0.5) is 18.0 Å². The first-order chi connectivity index (χ1) is 11.4. The molecule has 1 aromatic rings. The van der Waals surface area contributed by atoms with Crippen LogP contribution in [0.15, 0.2) is 24.3 Å². The van der Waals surface area contributed by atoms with E-state index in [0.29, 0.717) is 0 Å². The van der Waals surface area contributed by atoms with E-state index in [1.165, 1.54) is 12.1 Å². The van der Waals surface area contributed by atoms with Crippen LogP contribution in [0, 0.1) is 11.8 Å². The molecular formula is C17H17F3N2O2. The number of hydrogen-bond acceptors (Lipinski definition) is 2. The first-order valence-electron chi connectivity index (χ1n) is 7.78. The first kappa shape index (κ1) is 16.7. The van der Waals surface area contributed by atoms with Gasteiger partial charge in [-0.15, -0.1) is 0 Å². The number of carbonyl (C=O) groups excluding carboxylic acids is 1. The second-order valence-corrected chi connectivity index (χ2v) is 5.92. The number of nitrogens with one attached hydrogen (secondary N) is 2. The maximum Gasteiger partial charge on any atom is 0.416 e. The molecule has 24 heavy (non-hydrogen) atoms. The number of urea groups is 1. The van der Waals surface area contributed by atoms with Gasteiger partial charge in [0, 0.05) is 5.56 Å². The van der Waals surface area contributed by atoms with Crippen molar-refractivity contribution in [1.82, 2.24) is 10.6 Å². The normalized spacial score (nSPS) is 25.0. The lowest BCUT2D eigenvalue weighted by atomic mass is 9.96. The van der Waals surface area contributed by atoms with E-state index < -0.39 is 11.7 Å². The molecular weight excluding hydrogens is 321 g/mol. The van der Waals surface area contributed by atoms with Gasteiger partial charge in [0.15, 0.2) is 0 Å².